The summed E-state index contributed by atoms with van der Waals surface area (Å²) in [6.07, 6.45) is -4.01. The zero-order valence-corrected chi connectivity index (χ0v) is 8.34. The van der Waals surface area contributed by atoms with E-state index in [0.717, 1.165) is 12.1 Å². The van der Waals surface area contributed by atoms with Crippen LogP contribution in [0.2, 0.25) is 0 Å². The molecule has 4 heteroatoms. The maximum absolute atomic E-state index is 12.3. The molecule has 1 radical (unpaired) electrons. The summed E-state index contributed by atoms with van der Waals surface area (Å²) in [6, 6.07) is 4.80. The van der Waals surface area contributed by atoms with Crippen LogP contribution in [0.4, 0.5) is 13.2 Å². The van der Waals surface area contributed by atoms with Crippen molar-refractivity contribution in [2.24, 2.45) is 0 Å². The summed E-state index contributed by atoms with van der Waals surface area (Å²) in [6.45, 7) is 5.49. The number of hydrogen-bond donors (Lipinski definition) is 0. The Labute approximate surface area is 86.9 Å². The largest absolute Gasteiger partial charge is 0.490 e. The highest BCUT2D eigenvalue weighted by molar-refractivity contribution is 5.30. The van der Waals surface area contributed by atoms with Gasteiger partial charge < -0.3 is 4.74 Å². The molecular formula is C11H12F3O. The molecule has 1 aromatic rings. The van der Waals surface area contributed by atoms with Gasteiger partial charge in [-0.05, 0) is 31.5 Å². The molecule has 1 aromatic carbocycles. The first kappa shape index (κ1) is 11.9. The number of halogens is 3. The number of benzene rings is 1. The van der Waals surface area contributed by atoms with Gasteiger partial charge >= 0.3 is 6.18 Å². The van der Waals surface area contributed by atoms with Gasteiger partial charge in [-0.2, -0.15) is 13.2 Å². The molecule has 0 bridgehead atoms. The number of alkyl halides is 3. The lowest BCUT2D eigenvalue weighted by atomic mass is 10.2. The summed E-state index contributed by atoms with van der Waals surface area (Å²) < 4.78 is 42.1. The number of hydrogen-bond acceptors (Lipinski definition) is 1. The van der Waals surface area contributed by atoms with Crippen molar-refractivity contribution in [2.45, 2.75) is 25.6 Å². The van der Waals surface area contributed by atoms with E-state index in [1.54, 1.807) is 0 Å². The first-order valence-corrected chi connectivity index (χ1v) is 4.60. The molecule has 0 aliphatic heterocycles. The van der Waals surface area contributed by atoms with Crippen LogP contribution in [-0.4, -0.2) is 6.10 Å². The molecule has 0 aliphatic carbocycles. The quantitative estimate of drug-likeness (QED) is 0.750. The number of rotatable bonds is 3. The Bertz CT molecular complexity index is 320. The fraction of sp³-hybridized carbons (Fsp3) is 0.364. The van der Waals surface area contributed by atoms with Crippen LogP contribution in [0, 0.1) is 6.92 Å². The molecule has 1 nitrogen and oxygen atoms in total. The molecule has 0 saturated carbocycles. The maximum atomic E-state index is 12.3. The van der Waals surface area contributed by atoms with Gasteiger partial charge in [-0.25, -0.2) is 0 Å². The van der Waals surface area contributed by atoms with Crippen molar-refractivity contribution in [3.05, 3.63) is 36.8 Å². The molecule has 1 rings (SSSR count). The van der Waals surface area contributed by atoms with E-state index < -0.39 is 11.7 Å². The molecule has 0 heterocycles. The summed E-state index contributed by atoms with van der Waals surface area (Å²) in [5, 5.41) is 0. The zero-order valence-electron chi connectivity index (χ0n) is 8.34. The van der Waals surface area contributed by atoms with Gasteiger partial charge in [0.1, 0.15) is 5.75 Å². The molecule has 0 saturated heterocycles. The normalized spacial score (nSPS) is 13.7. The monoisotopic (exact) mass is 217 g/mol. The highest BCUT2D eigenvalue weighted by atomic mass is 19.4. The molecular weight excluding hydrogens is 205 g/mol. The molecule has 83 valence electrons. The second kappa shape index (κ2) is 4.55. The minimum absolute atomic E-state index is 0.201. The predicted molar refractivity (Wildman–Crippen MR) is 51.5 cm³/mol. The van der Waals surface area contributed by atoms with Crippen LogP contribution >= 0.6 is 0 Å². The van der Waals surface area contributed by atoms with E-state index in [1.807, 2.05) is 6.92 Å². The Morgan fingerprint density at radius 2 is 2.07 bits per heavy atom. The molecule has 1 atom stereocenters. The van der Waals surface area contributed by atoms with Crippen molar-refractivity contribution >= 4 is 0 Å². The summed E-state index contributed by atoms with van der Waals surface area (Å²) in [5.41, 5.74) is -0.705. The maximum Gasteiger partial charge on any atom is 0.416 e. The summed E-state index contributed by atoms with van der Waals surface area (Å²) >= 11 is 0. The van der Waals surface area contributed by atoms with Gasteiger partial charge in [-0.1, -0.05) is 13.0 Å². The first-order valence-electron chi connectivity index (χ1n) is 4.60. The molecule has 0 aromatic heterocycles. The highest BCUT2D eigenvalue weighted by Crippen LogP contribution is 2.31. The molecule has 0 amide bonds. The Morgan fingerprint density at radius 1 is 1.40 bits per heavy atom. The van der Waals surface area contributed by atoms with Crippen molar-refractivity contribution in [1.29, 1.82) is 0 Å². The average Bonchev–Trinajstić information content (AvgIpc) is 2.17. The lowest BCUT2D eigenvalue weighted by Crippen LogP contribution is -2.11. The molecule has 0 spiro atoms. The highest BCUT2D eigenvalue weighted by Gasteiger charge is 2.30. The third kappa shape index (κ3) is 3.46. The van der Waals surface area contributed by atoms with Crippen molar-refractivity contribution < 1.29 is 17.9 Å². The molecule has 0 aliphatic rings. The summed E-state index contributed by atoms with van der Waals surface area (Å²) in [5.74, 6) is 0.201. The lowest BCUT2D eigenvalue weighted by Gasteiger charge is -2.14. The minimum atomic E-state index is -4.33. The Hall–Kier alpha value is -1.19. The smallest absolute Gasteiger partial charge is 0.416 e. The first-order chi connectivity index (χ1) is 6.93. The van der Waals surface area contributed by atoms with Crippen LogP contribution in [0.5, 0.6) is 5.75 Å². The fourth-order valence-corrected chi connectivity index (χ4v) is 1.02. The zero-order chi connectivity index (χ0) is 11.5. The van der Waals surface area contributed by atoms with Gasteiger partial charge in [-0.3, -0.25) is 0 Å². The molecule has 0 N–H and O–H groups in total. The van der Waals surface area contributed by atoms with E-state index in [4.69, 9.17) is 4.74 Å². The van der Waals surface area contributed by atoms with E-state index in [1.165, 1.54) is 12.1 Å². The van der Waals surface area contributed by atoms with Crippen molar-refractivity contribution in [2.75, 3.05) is 0 Å². The third-order valence-corrected chi connectivity index (χ3v) is 1.92. The standard InChI is InChI=1S/C11H12F3O/c1-3-8(2)15-10-6-4-5-9(7-10)11(12,13)14/h4-8H,2-3H2,1H3. The lowest BCUT2D eigenvalue weighted by molar-refractivity contribution is -0.137. The van der Waals surface area contributed by atoms with E-state index in [-0.39, 0.29) is 11.9 Å². The third-order valence-electron chi connectivity index (χ3n) is 1.92. The van der Waals surface area contributed by atoms with Gasteiger partial charge in [-0.15, -0.1) is 0 Å². The van der Waals surface area contributed by atoms with Crippen LogP contribution in [-0.2, 0) is 6.18 Å². The Kier molecular flexibility index (Phi) is 3.61. The van der Waals surface area contributed by atoms with Crippen LogP contribution < -0.4 is 4.74 Å². The van der Waals surface area contributed by atoms with Crippen LogP contribution in [0.15, 0.2) is 24.3 Å². The second-order valence-corrected chi connectivity index (χ2v) is 3.17. The van der Waals surface area contributed by atoms with Crippen molar-refractivity contribution in [1.82, 2.24) is 0 Å². The second-order valence-electron chi connectivity index (χ2n) is 3.17. The van der Waals surface area contributed by atoms with Gasteiger partial charge in [0, 0.05) is 0 Å². The van der Waals surface area contributed by atoms with E-state index in [0.29, 0.717) is 6.42 Å². The van der Waals surface area contributed by atoms with E-state index >= 15 is 0 Å². The fourth-order valence-electron chi connectivity index (χ4n) is 1.02. The van der Waals surface area contributed by atoms with Gasteiger partial charge in [0.25, 0.3) is 0 Å². The van der Waals surface area contributed by atoms with Crippen molar-refractivity contribution in [3.63, 3.8) is 0 Å². The summed E-state index contributed by atoms with van der Waals surface area (Å²) in [7, 11) is 0. The topological polar surface area (TPSA) is 9.23 Å². The van der Waals surface area contributed by atoms with Gasteiger partial charge in [0.2, 0.25) is 0 Å². The number of ether oxygens (including phenoxy) is 1. The minimum Gasteiger partial charge on any atom is -0.490 e. The molecule has 15 heavy (non-hydrogen) atoms. The van der Waals surface area contributed by atoms with Gasteiger partial charge in [0.15, 0.2) is 0 Å². The SMILES string of the molecule is [CH2]C(CC)Oc1cccc(C(F)(F)F)c1. The van der Waals surface area contributed by atoms with E-state index in [9.17, 15) is 13.2 Å². The average molecular weight is 217 g/mol. The molecule has 0 fully saturated rings. The van der Waals surface area contributed by atoms with Crippen molar-refractivity contribution in [3.8, 4) is 5.75 Å². The molecule has 1 unspecified atom stereocenters. The summed E-state index contributed by atoms with van der Waals surface area (Å²) in [4.78, 5) is 0. The van der Waals surface area contributed by atoms with Crippen LogP contribution in [0.25, 0.3) is 0 Å². The van der Waals surface area contributed by atoms with Crippen LogP contribution in [0.3, 0.4) is 0 Å². The van der Waals surface area contributed by atoms with Crippen LogP contribution in [0.1, 0.15) is 18.9 Å². The Balaban J connectivity index is 2.84. The van der Waals surface area contributed by atoms with E-state index in [2.05, 4.69) is 6.92 Å². The van der Waals surface area contributed by atoms with Gasteiger partial charge in [0.05, 0.1) is 11.7 Å². The Morgan fingerprint density at radius 3 is 2.60 bits per heavy atom. The predicted octanol–water partition coefficient (Wildman–Crippen LogP) is 3.70.